The fourth-order valence-electron chi connectivity index (χ4n) is 2.35. The zero-order valence-electron chi connectivity index (χ0n) is 10.6. The molecule has 18 heavy (non-hydrogen) atoms. The molecule has 0 spiro atoms. The van der Waals surface area contributed by atoms with Crippen LogP contribution in [-0.4, -0.2) is 12.6 Å². The van der Waals surface area contributed by atoms with Crippen molar-refractivity contribution in [3.8, 4) is 0 Å². The van der Waals surface area contributed by atoms with Crippen molar-refractivity contribution in [2.24, 2.45) is 5.92 Å². The summed E-state index contributed by atoms with van der Waals surface area (Å²) in [5.41, 5.74) is 1.78. The smallest absolute Gasteiger partial charge is 0.319 e. The molecule has 4 heteroatoms. The van der Waals surface area contributed by atoms with Crippen LogP contribution in [0, 0.1) is 12.8 Å². The summed E-state index contributed by atoms with van der Waals surface area (Å²) in [4.78, 5) is 11.8. The van der Waals surface area contributed by atoms with Gasteiger partial charge in [0.05, 0.1) is 0 Å². The standard InChI is InChI=1S/C14H19ClN2O/c1-10-6-7-12(15)8-13(10)17-14(18)16-9-11-4-2-3-5-11/h6-8,11H,2-5,9H2,1H3,(H2,16,17,18). The van der Waals surface area contributed by atoms with E-state index in [0.717, 1.165) is 17.8 Å². The Balaban J connectivity index is 1.84. The van der Waals surface area contributed by atoms with Crippen molar-refractivity contribution >= 4 is 23.3 Å². The second kappa shape index (κ2) is 6.10. The molecule has 0 aliphatic heterocycles. The summed E-state index contributed by atoms with van der Waals surface area (Å²) >= 11 is 5.91. The number of carbonyl (C=O) groups excluding carboxylic acids is 1. The highest BCUT2D eigenvalue weighted by Crippen LogP contribution is 2.24. The Kier molecular flexibility index (Phi) is 4.48. The van der Waals surface area contributed by atoms with Gasteiger partial charge in [0.2, 0.25) is 0 Å². The number of halogens is 1. The van der Waals surface area contributed by atoms with E-state index in [9.17, 15) is 4.79 Å². The number of rotatable bonds is 3. The maximum Gasteiger partial charge on any atom is 0.319 e. The highest BCUT2D eigenvalue weighted by Gasteiger charge is 2.15. The van der Waals surface area contributed by atoms with E-state index in [1.165, 1.54) is 25.7 Å². The molecular formula is C14H19ClN2O. The van der Waals surface area contributed by atoms with E-state index in [1.807, 2.05) is 19.1 Å². The Hall–Kier alpha value is -1.22. The van der Waals surface area contributed by atoms with Crippen LogP contribution in [0.5, 0.6) is 0 Å². The fraction of sp³-hybridized carbons (Fsp3) is 0.500. The zero-order chi connectivity index (χ0) is 13.0. The van der Waals surface area contributed by atoms with Gasteiger partial charge in [-0.1, -0.05) is 30.5 Å². The van der Waals surface area contributed by atoms with Gasteiger partial charge in [0.15, 0.2) is 0 Å². The molecule has 2 rings (SSSR count). The second-order valence-corrected chi connectivity index (χ2v) is 5.38. The van der Waals surface area contributed by atoms with E-state index in [2.05, 4.69) is 10.6 Å². The normalized spacial score (nSPS) is 15.7. The van der Waals surface area contributed by atoms with Crippen molar-refractivity contribution in [1.29, 1.82) is 0 Å². The third-order valence-electron chi connectivity index (χ3n) is 3.47. The molecule has 0 heterocycles. The summed E-state index contributed by atoms with van der Waals surface area (Å²) in [6.07, 6.45) is 5.05. The average molecular weight is 267 g/mol. The maximum atomic E-state index is 11.8. The minimum absolute atomic E-state index is 0.146. The van der Waals surface area contributed by atoms with Gasteiger partial charge in [0.25, 0.3) is 0 Å². The molecule has 1 saturated carbocycles. The number of anilines is 1. The van der Waals surface area contributed by atoms with Crippen LogP contribution in [0.3, 0.4) is 0 Å². The molecule has 98 valence electrons. The molecule has 1 aliphatic rings. The van der Waals surface area contributed by atoms with E-state index in [0.29, 0.717) is 10.9 Å². The molecule has 0 saturated heterocycles. The first-order chi connectivity index (χ1) is 8.65. The van der Waals surface area contributed by atoms with Crippen molar-refractivity contribution in [3.05, 3.63) is 28.8 Å². The van der Waals surface area contributed by atoms with Gasteiger partial charge in [-0.05, 0) is 43.4 Å². The van der Waals surface area contributed by atoms with Gasteiger partial charge < -0.3 is 10.6 Å². The van der Waals surface area contributed by atoms with Crippen molar-refractivity contribution in [2.75, 3.05) is 11.9 Å². The summed E-state index contributed by atoms with van der Waals surface area (Å²) < 4.78 is 0. The van der Waals surface area contributed by atoms with Gasteiger partial charge in [-0.25, -0.2) is 4.79 Å². The molecule has 0 bridgehead atoms. The SMILES string of the molecule is Cc1ccc(Cl)cc1NC(=O)NCC1CCCC1. The molecule has 0 aromatic heterocycles. The molecule has 0 radical (unpaired) electrons. The summed E-state index contributed by atoms with van der Waals surface area (Å²) in [5.74, 6) is 0.649. The highest BCUT2D eigenvalue weighted by atomic mass is 35.5. The summed E-state index contributed by atoms with van der Waals surface area (Å²) in [6, 6.07) is 5.34. The Morgan fingerprint density at radius 1 is 1.39 bits per heavy atom. The Labute approximate surface area is 113 Å². The molecular weight excluding hydrogens is 248 g/mol. The van der Waals surface area contributed by atoms with Crippen LogP contribution >= 0.6 is 11.6 Å². The zero-order valence-corrected chi connectivity index (χ0v) is 11.4. The van der Waals surface area contributed by atoms with Crippen LogP contribution in [0.4, 0.5) is 10.5 Å². The van der Waals surface area contributed by atoms with E-state index in [-0.39, 0.29) is 6.03 Å². The third-order valence-corrected chi connectivity index (χ3v) is 3.71. The first kappa shape index (κ1) is 13.2. The largest absolute Gasteiger partial charge is 0.338 e. The van der Waals surface area contributed by atoms with Crippen molar-refractivity contribution in [3.63, 3.8) is 0 Å². The van der Waals surface area contributed by atoms with Crippen molar-refractivity contribution in [2.45, 2.75) is 32.6 Å². The molecule has 3 nitrogen and oxygen atoms in total. The predicted molar refractivity (Wildman–Crippen MR) is 75.2 cm³/mol. The van der Waals surface area contributed by atoms with Gasteiger partial charge in [0, 0.05) is 17.3 Å². The van der Waals surface area contributed by atoms with Gasteiger partial charge in [-0.3, -0.25) is 0 Å². The monoisotopic (exact) mass is 266 g/mol. The summed E-state index contributed by atoms with van der Waals surface area (Å²) in [7, 11) is 0. The summed E-state index contributed by atoms with van der Waals surface area (Å²) in [6.45, 7) is 2.72. The number of aryl methyl sites for hydroxylation is 1. The third kappa shape index (κ3) is 3.64. The van der Waals surface area contributed by atoms with Crippen molar-refractivity contribution < 1.29 is 4.79 Å². The number of carbonyl (C=O) groups is 1. The van der Waals surface area contributed by atoms with Gasteiger partial charge in [-0.15, -0.1) is 0 Å². The van der Waals surface area contributed by atoms with E-state index >= 15 is 0 Å². The quantitative estimate of drug-likeness (QED) is 0.854. The number of nitrogens with one attached hydrogen (secondary N) is 2. The van der Waals surface area contributed by atoms with Crippen LogP contribution < -0.4 is 10.6 Å². The number of hydrogen-bond acceptors (Lipinski definition) is 1. The topological polar surface area (TPSA) is 41.1 Å². The lowest BCUT2D eigenvalue weighted by molar-refractivity contribution is 0.250. The average Bonchev–Trinajstić information content (AvgIpc) is 2.84. The lowest BCUT2D eigenvalue weighted by atomic mass is 10.1. The molecule has 2 N–H and O–H groups in total. The molecule has 0 unspecified atom stereocenters. The highest BCUT2D eigenvalue weighted by molar-refractivity contribution is 6.31. The number of benzene rings is 1. The number of amides is 2. The van der Waals surface area contributed by atoms with Crippen LogP contribution in [0.25, 0.3) is 0 Å². The fourth-order valence-corrected chi connectivity index (χ4v) is 2.52. The molecule has 1 fully saturated rings. The maximum absolute atomic E-state index is 11.8. The minimum Gasteiger partial charge on any atom is -0.338 e. The second-order valence-electron chi connectivity index (χ2n) is 4.94. The Morgan fingerprint density at radius 3 is 2.83 bits per heavy atom. The molecule has 2 amide bonds. The van der Waals surface area contributed by atoms with Crippen LogP contribution in [0.2, 0.25) is 5.02 Å². The Bertz CT molecular complexity index is 428. The number of hydrogen-bond donors (Lipinski definition) is 2. The van der Waals surface area contributed by atoms with Crippen molar-refractivity contribution in [1.82, 2.24) is 5.32 Å². The van der Waals surface area contributed by atoms with Crippen LogP contribution in [-0.2, 0) is 0 Å². The first-order valence-corrected chi connectivity index (χ1v) is 6.84. The van der Waals surface area contributed by atoms with Gasteiger partial charge in [-0.2, -0.15) is 0 Å². The van der Waals surface area contributed by atoms with E-state index < -0.39 is 0 Å². The molecule has 1 aromatic rings. The van der Waals surface area contributed by atoms with Crippen LogP contribution in [0.15, 0.2) is 18.2 Å². The lowest BCUT2D eigenvalue weighted by Crippen LogP contribution is -2.32. The van der Waals surface area contributed by atoms with E-state index in [4.69, 9.17) is 11.6 Å². The molecule has 1 aliphatic carbocycles. The first-order valence-electron chi connectivity index (χ1n) is 6.46. The molecule has 1 aromatic carbocycles. The van der Waals surface area contributed by atoms with Gasteiger partial charge in [0.1, 0.15) is 0 Å². The lowest BCUT2D eigenvalue weighted by Gasteiger charge is -2.13. The Morgan fingerprint density at radius 2 is 2.11 bits per heavy atom. The summed E-state index contributed by atoms with van der Waals surface area (Å²) in [5, 5.41) is 6.40. The molecule has 0 atom stereocenters. The predicted octanol–water partition coefficient (Wildman–Crippen LogP) is 3.96. The van der Waals surface area contributed by atoms with Crippen LogP contribution in [0.1, 0.15) is 31.2 Å². The van der Waals surface area contributed by atoms with E-state index in [1.54, 1.807) is 6.07 Å². The van der Waals surface area contributed by atoms with Gasteiger partial charge >= 0.3 is 6.03 Å². The minimum atomic E-state index is -0.146. The number of urea groups is 1.